The van der Waals surface area contributed by atoms with E-state index >= 15 is 0 Å². The van der Waals surface area contributed by atoms with E-state index in [2.05, 4.69) is 29.6 Å². The Labute approximate surface area is 203 Å². The number of hydrogen-bond donors (Lipinski definition) is 2. The zero-order valence-electron chi connectivity index (χ0n) is 19.9. The number of amides is 1. The van der Waals surface area contributed by atoms with Gasteiger partial charge in [-0.1, -0.05) is 32.0 Å². The first-order chi connectivity index (χ1) is 16.8. The molecule has 0 spiro atoms. The maximum Gasteiger partial charge on any atom is 0.261 e. The number of rotatable bonds is 5. The quantitative estimate of drug-likeness (QED) is 0.522. The lowest BCUT2D eigenvalue weighted by Crippen LogP contribution is -2.37. The predicted molar refractivity (Wildman–Crippen MR) is 131 cm³/mol. The number of carbonyl (C=O) groups is 2. The molecular formula is C27H27FN4O3. The van der Waals surface area contributed by atoms with E-state index < -0.39 is 6.04 Å². The van der Waals surface area contributed by atoms with Crippen LogP contribution in [0.3, 0.4) is 0 Å². The highest BCUT2D eigenvalue weighted by molar-refractivity contribution is 6.08. The van der Waals surface area contributed by atoms with Gasteiger partial charge in [0, 0.05) is 28.9 Å². The fourth-order valence-electron chi connectivity index (χ4n) is 4.89. The van der Waals surface area contributed by atoms with E-state index in [0.29, 0.717) is 47.8 Å². The Morgan fingerprint density at radius 1 is 1.20 bits per heavy atom. The van der Waals surface area contributed by atoms with Crippen LogP contribution in [-0.2, 0) is 4.79 Å². The average Bonchev–Trinajstić information content (AvgIpc) is 3.23. The van der Waals surface area contributed by atoms with Crippen LogP contribution >= 0.6 is 0 Å². The SMILES string of the molecule is CCOc1ccccc1[C@@H]1C2=C(CC(C)(C)CC2=O)Nc2c(C(=O)Nc3ccc(F)cc3)cnn21. The lowest BCUT2D eigenvalue weighted by atomic mass is 9.73. The Morgan fingerprint density at radius 3 is 2.69 bits per heavy atom. The first kappa shape index (κ1) is 22.8. The van der Waals surface area contributed by atoms with Crippen LogP contribution in [0.15, 0.2) is 66.0 Å². The predicted octanol–water partition coefficient (Wildman–Crippen LogP) is 5.33. The van der Waals surface area contributed by atoms with Gasteiger partial charge in [0.1, 0.15) is 29.0 Å². The fraction of sp³-hybridized carbons (Fsp3) is 0.296. The maximum atomic E-state index is 13.4. The van der Waals surface area contributed by atoms with Gasteiger partial charge in [-0.2, -0.15) is 5.10 Å². The van der Waals surface area contributed by atoms with E-state index in [1.54, 1.807) is 4.68 Å². The van der Waals surface area contributed by atoms with Gasteiger partial charge in [-0.25, -0.2) is 9.07 Å². The molecule has 2 heterocycles. The first-order valence-corrected chi connectivity index (χ1v) is 11.7. The van der Waals surface area contributed by atoms with Crippen molar-refractivity contribution in [3.8, 4) is 5.75 Å². The van der Waals surface area contributed by atoms with Gasteiger partial charge in [-0.15, -0.1) is 0 Å². The minimum absolute atomic E-state index is 0.0542. The first-order valence-electron chi connectivity index (χ1n) is 11.7. The number of para-hydroxylation sites is 1. The molecule has 180 valence electrons. The zero-order valence-corrected chi connectivity index (χ0v) is 19.9. The third kappa shape index (κ3) is 4.20. The molecule has 0 radical (unpaired) electrons. The van der Waals surface area contributed by atoms with Gasteiger partial charge in [0.15, 0.2) is 5.78 Å². The highest BCUT2D eigenvalue weighted by atomic mass is 19.1. The second-order valence-corrected chi connectivity index (χ2v) is 9.64. The van der Waals surface area contributed by atoms with Gasteiger partial charge in [0.2, 0.25) is 0 Å². The molecule has 0 fully saturated rings. The number of hydrogen-bond acceptors (Lipinski definition) is 5. The van der Waals surface area contributed by atoms with Crippen molar-refractivity contribution < 1.29 is 18.7 Å². The van der Waals surface area contributed by atoms with Gasteiger partial charge >= 0.3 is 0 Å². The standard InChI is InChI=1S/C27H27FN4O3/c1-4-35-22-8-6-5-7-18(22)24-23-20(13-27(2,3)14-21(23)33)31-25-19(15-29-32(24)25)26(34)30-17-11-9-16(28)10-12-17/h5-12,15,24,31H,4,13-14H2,1-3H3,(H,30,34)/t24-/m1/s1. The molecule has 2 aliphatic rings. The van der Waals surface area contributed by atoms with Crippen LogP contribution in [0.5, 0.6) is 5.75 Å². The summed E-state index contributed by atoms with van der Waals surface area (Å²) in [6, 6.07) is 12.7. The molecule has 35 heavy (non-hydrogen) atoms. The number of benzene rings is 2. The number of nitrogens with one attached hydrogen (secondary N) is 2. The Hall–Kier alpha value is -3.94. The molecule has 0 unspecified atom stereocenters. The topological polar surface area (TPSA) is 85.2 Å². The van der Waals surface area contributed by atoms with Gasteiger partial charge < -0.3 is 15.4 Å². The molecule has 1 amide bonds. The molecule has 7 nitrogen and oxygen atoms in total. The number of anilines is 2. The molecule has 5 rings (SSSR count). The Balaban J connectivity index is 1.61. The largest absolute Gasteiger partial charge is 0.494 e. The number of carbonyl (C=O) groups excluding carboxylic acids is 2. The minimum atomic E-state index is -0.528. The Morgan fingerprint density at radius 2 is 1.94 bits per heavy atom. The number of ether oxygens (including phenoxy) is 1. The number of allylic oxidation sites excluding steroid dienone is 2. The number of nitrogens with zero attached hydrogens (tertiary/aromatic N) is 2. The lowest BCUT2D eigenvalue weighted by Gasteiger charge is -2.39. The summed E-state index contributed by atoms with van der Waals surface area (Å²) < 4.78 is 20.9. The van der Waals surface area contributed by atoms with Crippen LogP contribution in [0.25, 0.3) is 0 Å². The molecule has 0 bridgehead atoms. The molecule has 8 heteroatoms. The zero-order chi connectivity index (χ0) is 24.7. The second-order valence-electron chi connectivity index (χ2n) is 9.64. The van der Waals surface area contributed by atoms with Crippen molar-refractivity contribution in [1.82, 2.24) is 9.78 Å². The Kier molecular flexibility index (Phi) is 5.67. The maximum absolute atomic E-state index is 13.4. The van der Waals surface area contributed by atoms with E-state index in [1.165, 1.54) is 30.5 Å². The van der Waals surface area contributed by atoms with Crippen LogP contribution in [0, 0.1) is 11.2 Å². The summed E-state index contributed by atoms with van der Waals surface area (Å²) >= 11 is 0. The highest BCUT2D eigenvalue weighted by Crippen LogP contribution is 2.47. The van der Waals surface area contributed by atoms with Crippen molar-refractivity contribution in [2.45, 2.75) is 39.7 Å². The van der Waals surface area contributed by atoms with Crippen molar-refractivity contribution >= 4 is 23.2 Å². The van der Waals surface area contributed by atoms with Gasteiger partial charge in [-0.3, -0.25) is 9.59 Å². The Bertz CT molecular complexity index is 1340. The summed E-state index contributed by atoms with van der Waals surface area (Å²) in [5, 5.41) is 10.7. The van der Waals surface area contributed by atoms with E-state index in [4.69, 9.17) is 4.74 Å². The molecule has 1 aliphatic heterocycles. The van der Waals surface area contributed by atoms with Crippen molar-refractivity contribution in [1.29, 1.82) is 0 Å². The number of Topliss-reactive ketones (excluding diaryl/α,β-unsaturated/α-hetero) is 1. The van der Waals surface area contributed by atoms with Crippen molar-refractivity contribution in [2.75, 3.05) is 17.2 Å². The summed E-state index contributed by atoms with van der Waals surface area (Å²) in [6.45, 7) is 6.52. The summed E-state index contributed by atoms with van der Waals surface area (Å²) in [4.78, 5) is 26.6. The van der Waals surface area contributed by atoms with E-state index in [9.17, 15) is 14.0 Å². The lowest BCUT2D eigenvalue weighted by molar-refractivity contribution is -0.118. The van der Waals surface area contributed by atoms with Gasteiger partial charge in [0.25, 0.3) is 5.91 Å². The summed E-state index contributed by atoms with van der Waals surface area (Å²) in [5.41, 5.74) is 2.84. The summed E-state index contributed by atoms with van der Waals surface area (Å²) in [6.07, 6.45) is 2.58. The van der Waals surface area contributed by atoms with Crippen LogP contribution in [-0.4, -0.2) is 28.1 Å². The van der Waals surface area contributed by atoms with E-state index in [0.717, 1.165) is 11.3 Å². The average molecular weight is 475 g/mol. The number of ketones is 1. The van der Waals surface area contributed by atoms with Crippen molar-refractivity contribution in [3.63, 3.8) is 0 Å². The fourth-order valence-corrected chi connectivity index (χ4v) is 4.89. The summed E-state index contributed by atoms with van der Waals surface area (Å²) in [7, 11) is 0. The van der Waals surface area contributed by atoms with E-state index in [1.807, 2.05) is 31.2 Å². The minimum Gasteiger partial charge on any atom is -0.494 e. The molecule has 1 aromatic heterocycles. The van der Waals surface area contributed by atoms with Crippen molar-refractivity contribution in [3.05, 3.63) is 82.9 Å². The highest BCUT2D eigenvalue weighted by Gasteiger charge is 2.43. The monoisotopic (exact) mass is 474 g/mol. The summed E-state index contributed by atoms with van der Waals surface area (Å²) in [5.74, 6) is 0.467. The van der Waals surface area contributed by atoms with Crippen LogP contribution < -0.4 is 15.4 Å². The number of halogens is 1. The van der Waals surface area contributed by atoms with Crippen LogP contribution in [0.1, 0.15) is 55.6 Å². The van der Waals surface area contributed by atoms with Gasteiger partial charge in [-0.05, 0) is 49.1 Å². The molecule has 3 aromatic rings. The molecule has 0 saturated heterocycles. The molecule has 2 N–H and O–H groups in total. The molecule has 1 atom stereocenters. The molecule has 0 saturated carbocycles. The van der Waals surface area contributed by atoms with Crippen LogP contribution in [0.4, 0.5) is 15.9 Å². The van der Waals surface area contributed by atoms with Gasteiger partial charge in [0.05, 0.1) is 12.8 Å². The molecule has 2 aromatic carbocycles. The van der Waals surface area contributed by atoms with E-state index in [-0.39, 0.29) is 22.9 Å². The molecular weight excluding hydrogens is 447 g/mol. The van der Waals surface area contributed by atoms with Crippen LogP contribution in [0.2, 0.25) is 0 Å². The second kappa shape index (κ2) is 8.69. The number of aromatic nitrogens is 2. The third-order valence-electron chi connectivity index (χ3n) is 6.36. The smallest absolute Gasteiger partial charge is 0.261 e. The normalized spacial score (nSPS) is 18.4. The third-order valence-corrected chi connectivity index (χ3v) is 6.36. The number of fused-ring (bicyclic) bond motifs is 1. The molecule has 1 aliphatic carbocycles. The van der Waals surface area contributed by atoms with Crippen molar-refractivity contribution in [2.24, 2.45) is 5.41 Å².